The van der Waals surface area contributed by atoms with Gasteiger partial charge in [0.05, 0.1) is 6.54 Å². The van der Waals surface area contributed by atoms with E-state index >= 15 is 0 Å². The second-order valence-electron chi connectivity index (χ2n) is 3.45. The monoisotopic (exact) mass is 181 g/mol. The summed E-state index contributed by atoms with van der Waals surface area (Å²) in [5.74, 6) is 1.04. The molecule has 13 heavy (non-hydrogen) atoms. The highest BCUT2D eigenvalue weighted by molar-refractivity contribution is 4.90. The fourth-order valence-corrected chi connectivity index (χ4v) is 1.61. The van der Waals surface area contributed by atoms with Gasteiger partial charge < -0.3 is 5.73 Å². The highest BCUT2D eigenvalue weighted by atomic mass is 15.4. The van der Waals surface area contributed by atoms with Crippen LogP contribution in [0.25, 0.3) is 0 Å². The molecule has 72 valence electrons. The Hall–Kier alpha value is -0.940. The predicted octanol–water partition coefficient (Wildman–Crippen LogP) is -0.559. The summed E-state index contributed by atoms with van der Waals surface area (Å²) in [6.07, 6.45) is 1.61. The SMILES string of the molecule is CCn1ncnc1CN1CC(N)C1. The Balaban J connectivity index is 1.94. The van der Waals surface area contributed by atoms with Gasteiger partial charge in [-0.2, -0.15) is 5.10 Å². The zero-order valence-electron chi connectivity index (χ0n) is 7.85. The van der Waals surface area contributed by atoms with Crippen LogP contribution >= 0.6 is 0 Å². The molecule has 1 saturated heterocycles. The number of nitrogens with two attached hydrogens (primary N) is 1. The molecule has 0 spiro atoms. The van der Waals surface area contributed by atoms with Crippen LogP contribution in [0.15, 0.2) is 6.33 Å². The van der Waals surface area contributed by atoms with E-state index in [1.807, 2.05) is 4.68 Å². The van der Waals surface area contributed by atoms with Crippen molar-refractivity contribution in [3.05, 3.63) is 12.2 Å². The Kier molecular flexibility index (Phi) is 2.28. The second-order valence-corrected chi connectivity index (χ2v) is 3.45. The Morgan fingerprint density at radius 3 is 3.00 bits per heavy atom. The Morgan fingerprint density at radius 1 is 1.62 bits per heavy atom. The third kappa shape index (κ3) is 1.71. The molecule has 1 aromatic heterocycles. The Bertz CT molecular complexity index is 276. The zero-order valence-corrected chi connectivity index (χ0v) is 7.85. The van der Waals surface area contributed by atoms with Crippen molar-refractivity contribution in [3.63, 3.8) is 0 Å². The molecule has 0 radical (unpaired) electrons. The van der Waals surface area contributed by atoms with Crippen molar-refractivity contribution in [2.24, 2.45) is 5.73 Å². The molecule has 0 unspecified atom stereocenters. The minimum Gasteiger partial charge on any atom is -0.325 e. The van der Waals surface area contributed by atoms with Gasteiger partial charge in [0.1, 0.15) is 12.2 Å². The average molecular weight is 181 g/mol. The highest BCUT2D eigenvalue weighted by Crippen LogP contribution is 2.09. The van der Waals surface area contributed by atoms with Crippen molar-refractivity contribution in [2.45, 2.75) is 26.1 Å². The van der Waals surface area contributed by atoms with E-state index in [9.17, 15) is 0 Å². The number of hydrogen-bond donors (Lipinski definition) is 1. The highest BCUT2D eigenvalue weighted by Gasteiger charge is 2.23. The molecule has 1 aromatic rings. The molecule has 5 nitrogen and oxygen atoms in total. The van der Waals surface area contributed by atoms with Crippen molar-refractivity contribution in [1.82, 2.24) is 19.7 Å². The van der Waals surface area contributed by atoms with Gasteiger partial charge in [0.15, 0.2) is 0 Å². The van der Waals surface area contributed by atoms with Gasteiger partial charge in [-0.25, -0.2) is 9.67 Å². The maximum Gasteiger partial charge on any atom is 0.140 e. The van der Waals surface area contributed by atoms with E-state index in [1.165, 1.54) is 0 Å². The molecule has 5 heteroatoms. The lowest BCUT2D eigenvalue weighted by atomic mass is 10.1. The van der Waals surface area contributed by atoms with Gasteiger partial charge in [0, 0.05) is 25.7 Å². The second kappa shape index (κ2) is 3.43. The van der Waals surface area contributed by atoms with Gasteiger partial charge in [-0.05, 0) is 6.92 Å². The number of nitrogens with zero attached hydrogens (tertiary/aromatic N) is 4. The predicted molar refractivity (Wildman–Crippen MR) is 48.9 cm³/mol. The van der Waals surface area contributed by atoms with Gasteiger partial charge in [-0.3, -0.25) is 4.90 Å². The molecule has 2 heterocycles. The number of aromatic nitrogens is 3. The summed E-state index contributed by atoms with van der Waals surface area (Å²) in [6.45, 7) is 5.80. The summed E-state index contributed by atoms with van der Waals surface area (Å²) in [6, 6.07) is 0.359. The Labute approximate surface area is 77.5 Å². The van der Waals surface area contributed by atoms with Gasteiger partial charge in [0.25, 0.3) is 0 Å². The minimum atomic E-state index is 0.359. The number of hydrogen-bond acceptors (Lipinski definition) is 4. The molecule has 0 amide bonds. The first-order valence-electron chi connectivity index (χ1n) is 4.64. The van der Waals surface area contributed by atoms with E-state index in [1.54, 1.807) is 6.33 Å². The zero-order chi connectivity index (χ0) is 9.26. The summed E-state index contributed by atoms with van der Waals surface area (Å²) < 4.78 is 1.92. The maximum absolute atomic E-state index is 5.68. The molecule has 1 fully saturated rings. The fraction of sp³-hybridized carbons (Fsp3) is 0.750. The smallest absolute Gasteiger partial charge is 0.140 e. The largest absolute Gasteiger partial charge is 0.325 e. The molecule has 2 N–H and O–H groups in total. The first-order chi connectivity index (χ1) is 6.29. The van der Waals surface area contributed by atoms with Gasteiger partial charge >= 0.3 is 0 Å². The van der Waals surface area contributed by atoms with Crippen molar-refractivity contribution in [2.75, 3.05) is 13.1 Å². The molecule has 1 aliphatic heterocycles. The van der Waals surface area contributed by atoms with Crippen LogP contribution in [0.5, 0.6) is 0 Å². The average Bonchev–Trinajstić information content (AvgIpc) is 2.49. The normalized spacial score (nSPS) is 18.9. The van der Waals surface area contributed by atoms with Crippen molar-refractivity contribution in [1.29, 1.82) is 0 Å². The van der Waals surface area contributed by atoms with E-state index in [-0.39, 0.29) is 0 Å². The third-order valence-corrected chi connectivity index (χ3v) is 2.35. The first kappa shape index (κ1) is 8.65. The van der Waals surface area contributed by atoms with E-state index in [0.717, 1.165) is 32.0 Å². The topological polar surface area (TPSA) is 60.0 Å². The fourth-order valence-electron chi connectivity index (χ4n) is 1.61. The summed E-state index contributed by atoms with van der Waals surface area (Å²) in [5, 5.41) is 4.11. The lowest BCUT2D eigenvalue weighted by Crippen LogP contribution is -2.55. The van der Waals surface area contributed by atoms with Crippen LogP contribution in [-0.2, 0) is 13.1 Å². The molecule has 0 aliphatic carbocycles. The van der Waals surface area contributed by atoms with Crippen LogP contribution in [0.3, 0.4) is 0 Å². The van der Waals surface area contributed by atoms with Crippen molar-refractivity contribution in [3.8, 4) is 0 Å². The number of likely N-dealkylation sites (tertiary alicyclic amines) is 1. The van der Waals surface area contributed by atoms with Crippen LogP contribution in [0.2, 0.25) is 0 Å². The lowest BCUT2D eigenvalue weighted by Gasteiger charge is -2.36. The molecule has 2 rings (SSSR count). The van der Waals surface area contributed by atoms with E-state index < -0.39 is 0 Å². The summed E-state index contributed by atoms with van der Waals surface area (Å²) in [7, 11) is 0. The quantitative estimate of drug-likeness (QED) is 0.679. The van der Waals surface area contributed by atoms with Crippen LogP contribution in [0.1, 0.15) is 12.7 Å². The molecular weight excluding hydrogens is 166 g/mol. The van der Waals surface area contributed by atoms with E-state index in [0.29, 0.717) is 6.04 Å². The standard InChI is InChI=1S/C8H15N5/c1-2-13-8(10-6-11-13)5-12-3-7(9)4-12/h6-7H,2-5,9H2,1H3. The van der Waals surface area contributed by atoms with Crippen molar-refractivity contribution < 1.29 is 0 Å². The molecule has 0 aromatic carbocycles. The van der Waals surface area contributed by atoms with Crippen LogP contribution in [-0.4, -0.2) is 38.8 Å². The minimum absolute atomic E-state index is 0.359. The van der Waals surface area contributed by atoms with Gasteiger partial charge in [-0.1, -0.05) is 0 Å². The molecule has 0 bridgehead atoms. The van der Waals surface area contributed by atoms with Gasteiger partial charge in [-0.15, -0.1) is 0 Å². The molecule has 1 aliphatic rings. The van der Waals surface area contributed by atoms with E-state index in [2.05, 4.69) is 21.9 Å². The van der Waals surface area contributed by atoms with Crippen LogP contribution in [0.4, 0.5) is 0 Å². The lowest BCUT2D eigenvalue weighted by molar-refractivity contribution is 0.136. The first-order valence-corrected chi connectivity index (χ1v) is 4.64. The summed E-state index contributed by atoms with van der Waals surface area (Å²) in [4.78, 5) is 6.48. The molecule has 0 atom stereocenters. The maximum atomic E-state index is 5.68. The summed E-state index contributed by atoms with van der Waals surface area (Å²) >= 11 is 0. The summed E-state index contributed by atoms with van der Waals surface area (Å²) in [5.41, 5.74) is 5.68. The molecular formula is C8H15N5. The molecule has 0 saturated carbocycles. The number of rotatable bonds is 3. The van der Waals surface area contributed by atoms with Crippen molar-refractivity contribution >= 4 is 0 Å². The van der Waals surface area contributed by atoms with Crippen LogP contribution in [0, 0.1) is 0 Å². The van der Waals surface area contributed by atoms with E-state index in [4.69, 9.17) is 5.73 Å². The third-order valence-electron chi connectivity index (χ3n) is 2.35. The Morgan fingerprint density at radius 2 is 2.38 bits per heavy atom. The van der Waals surface area contributed by atoms with Gasteiger partial charge in [0.2, 0.25) is 0 Å². The number of aryl methyl sites for hydroxylation is 1. The van der Waals surface area contributed by atoms with Crippen LogP contribution < -0.4 is 5.73 Å².